The zero-order valence-corrected chi connectivity index (χ0v) is 10.4. The number of rotatable bonds is 3. The van der Waals surface area contributed by atoms with Crippen molar-refractivity contribution in [1.82, 2.24) is 0 Å². The van der Waals surface area contributed by atoms with Gasteiger partial charge in [0.2, 0.25) is 5.91 Å². The third kappa shape index (κ3) is 2.99. The van der Waals surface area contributed by atoms with Gasteiger partial charge in [-0.05, 0) is 22.8 Å². The van der Waals surface area contributed by atoms with Gasteiger partial charge in [-0.3, -0.25) is 4.79 Å². The van der Waals surface area contributed by atoms with Crippen LogP contribution in [-0.2, 0) is 17.4 Å². The molecule has 0 aliphatic heterocycles. The Morgan fingerprint density at radius 3 is 2.10 bits per heavy atom. The normalized spacial score (nSPS) is 11.3. The van der Waals surface area contributed by atoms with Gasteiger partial charge in [0, 0.05) is 0 Å². The van der Waals surface area contributed by atoms with Gasteiger partial charge in [-0.1, -0.05) is 42.5 Å². The lowest BCUT2D eigenvalue weighted by Crippen LogP contribution is -2.14. The van der Waals surface area contributed by atoms with Gasteiger partial charge in [-0.2, -0.15) is 13.2 Å². The highest BCUT2D eigenvalue weighted by Crippen LogP contribution is 2.38. The first-order chi connectivity index (χ1) is 9.39. The minimum Gasteiger partial charge on any atom is -0.369 e. The van der Waals surface area contributed by atoms with E-state index in [4.69, 9.17) is 5.73 Å². The van der Waals surface area contributed by atoms with Crippen LogP contribution in [0.25, 0.3) is 11.1 Å². The SMILES string of the molecule is NC(=O)Cc1ccccc1-c1ccccc1C(F)(F)F. The summed E-state index contributed by atoms with van der Waals surface area (Å²) in [5, 5.41) is 0. The number of benzene rings is 2. The molecule has 0 bridgehead atoms. The second-order valence-electron chi connectivity index (χ2n) is 4.34. The van der Waals surface area contributed by atoms with Crippen LogP contribution in [0.4, 0.5) is 13.2 Å². The number of carbonyl (C=O) groups is 1. The molecule has 0 spiro atoms. The summed E-state index contributed by atoms with van der Waals surface area (Å²) < 4.78 is 39.1. The fourth-order valence-corrected chi connectivity index (χ4v) is 2.09. The highest BCUT2D eigenvalue weighted by atomic mass is 19.4. The number of primary amides is 1. The molecule has 0 unspecified atom stereocenters. The lowest BCUT2D eigenvalue weighted by molar-refractivity contribution is -0.137. The predicted molar refractivity (Wildman–Crippen MR) is 69.8 cm³/mol. The summed E-state index contributed by atoms with van der Waals surface area (Å²) in [5.74, 6) is -0.582. The predicted octanol–water partition coefficient (Wildman–Crippen LogP) is 3.40. The van der Waals surface area contributed by atoms with Crippen molar-refractivity contribution in [3.63, 3.8) is 0 Å². The topological polar surface area (TPSA) is 43.1 Å². The zero-order valence-electron chi connectivity index (χ0n) is 10.4. The summed E-state index contributed by atoms with van der Waals surface area (Å²) in [4.78, 5) is 11.0. The maximum Gasteiger partial charge on any atom is 0.417 e. The molecule has 2 aromatic rings. The Labute approximate surface area is 114 Å². The lowest BCUT2D eigenvalue weighted by atomic mass is 9.93. The van der Waals surface area contributed by atoms with Gasteiger partial charge in [-0.25, -0.2) is 0 Å². The van der Waals surface area contributed by atoms with Gasteiger partial charge < -0.3 is 5.73 Å². The molecule has 0 heterocycles. The van der Waals surface area contributed by atoms with Gasteiger partial charge in [0.05, 0.1) is 12.0 Å². The summed E-state index contributed by atoms with van der Waals surface area (Å²) in [6.07, 6.45) is -4.54. The summed E-state index contributed by atoms with van der Waals surface area (Å²) >= 11 is 0. The first-order valence-corrected chi connectivity index (χ1v) is 5.92. The Morgan fingerprint density at radius 1 is 0.950 bits per heavy atom. The van der Waals surface area contributed by atoms with Crippen molar-refractivity contribution in [1.29, 1.82) is 0 Å². The van der Waals surface area contributed by atoms with Crippen molar-refractivity contribution in [2.45, 2.75) is 12.6 Å². The maximum atomic E-state index is 13.0. The van der Waals surface area contributed by atoms with Crippen LogP contribution in [0.2, 0.25) is 0 Å². The van der Waals surface area contributed by atoms with Gasteiger partial charge in [0.25, 0.3) is 0 Å². The van der Waals surface area contributed by atoms with Crippen LogP contribution in [0.15, 0.2) is 48.5 Å². The smallest absolute Gasteiger partial charge is 0.369 e. The number of halogens is 3. The molecule has 2 rings (SSSR count). The van der Waals surface area contributed by atoms with Gasteiger partial charge in [-0.15, -0.1) is 0 Å². The summed E-state index contributed by atoms with van der Waals surface area (Å²) in [5.41, 5.74) is 5.32. The van der Waals surface area contributed by atoms with Crippen LogP contribution in [0.3, 0.4) is 0 Å². The van der Waals surface area contributed by atoms with Gasteiger partial charge >= 0.3 is 6.18 Å². The third-order valence-electron chi connectivity index (χ3n) is 2.90. The van der Waals surface area contributed by atoms with Gasteiger partial charge in [0.1, 0.15) is 0 Å². The van der Waals surface area contributed by atoms with Crippen LogP contribution in [0.5, 0.6) is 0 Å². The summed E-state index contributed by atoms with van der Waals surface area (Å²) in [7, 11) is 0. The maximum absolute atomic E-state index is 13.0. The Balaban J connectivity index is 2.61. The van der Waals surface area contributed by atoms with Crippen LogP contribution in [-0.4, -0.2) is 5.91 Å². The van der Waals surface area contributed by atoms with E-state index in [1.165, 1.54) is 18.2 Å². The number of hydrogen-bond acceptors (Lipinski definition) is 1. The van der Waals surface area contributed by atoms with Crippen molar-refractivity contribution in [3.8, 4) is 11.1 Å². The van der Waals surface area contributed by atoms with E-state index in [0.717, 1.165) is 6.07 Å². The third-order valence-corrected chi connectivity index (χ3v) is 2.90. The van der Waals surface area contributed by atoms with E-state index >= 15 is 0 Å². The van der Waals surface area contributed by atoms with Crippen LogP contribution in [0.1, 0.15) is 11.1 Å². The van der Waals surface area contributed by atoms with Crippen molar-refractivity contribution in [2.24, 2.45) is 5.73 Å². The molecular weight excluding hydrogens is 267 g/mol. The molecule has 0 aliphatic rings. The average Bonchev–Trinajstić information content (AvgIpc) is 2.38. The number of hydrogen-bond donors (Lipinski definition) is 1. The molecule has 20 heavy (non-hydrogen) atoms. The quantitative estimate of drug-likeness (QED) is 0.919. The Hall–Kier alpha value is -2.30. The first-order valence-electron chi connectivity index (χ1n) is 5.92. The molecule has 0 fully saturated rings. The first kappa shape index (κ1) is 14.1. The Kier molecular flexibility index (Phi) is 3.79. The zero-order chi connectivity index (χ0) is 14.8. The Bertz CT molecular complexity index is 635. The molecule has 2 aromatic carbocycles. The van der Waals surface area contributed by atoms with Crippen molar-refractivity contribution in [3.05, 3.63) is 59.7 Å². The van der Waals surface area contributed by atoms with Crippen molar-refractivity contribution in [2.75, 3.05) is 0 Å². The van der Waals surface area contributed by atoms with Crippen LogP contribution >= 0.6 is 0 Å². The highest BCUT2D eigenvalue weighted by Gasteiger charge is 2.33. The second-order valence-corrected chi connectivity index (χ2v) is 4.34. The molecule has 104 valence electrons. The largest absolute Gasteiger partial charge is 0.417 e. The molecule has 0 saturated heterocycles. The molecule has 1 amide bonds. The molecule has 2 nitrogen and oxygen atoms in total. The molecular formula is C15H12F3NO. The van der Waals surface area contributed by atoms with E-state index in [2.05, 4.69) is 0 Å². The minimum atomic E-state index is -4.45. The molecule has 0 aromatic heterocycles. The van der Waals surface area contributed by atoms with E-state index in [9.17, 15) is 18.0 Å². The number of alkyl halides is 3. The van der Waals surface area contributed by atoms with E-state index < -0.39 is 17.6 Å². The number of amides is 1. The fraction of sp³-hybridized carbons (Fsp3) is 0.133. The molecule has 0 atom stereocenters. The van der Waals surface area contributed by atoms with Gasteiger partial charge in [0.15, 0.2) is 0 Å². The van der Waals surface area contributed by atoms with E-state index in [0.29, 0.717) is 11.1 Å². The molecule has 0 saturated carbocycles. The summed E-state index contributed by atoms with van der Waals surface area (Å²) in [6, 6.07) is 11.7. The highest BCUT2D eigenvalue weighted by molar-refractivity contribution is 5.81. The van der Waals surface area contributed by atoms with Crippen LogP contribution in [0, 0.1) is 0 Å². The minimum absolute atomic E-state index is 0.0526. The summed E-state index contributed by atoms with van der Waals surface area (Å²) in [6.45, 7) is 0. The molecule has 0 aliphatic carbocycles. The van der Waals surface area contributed by atoms with E-state index in [1.54, 1.807) is 24.3 Å². The van der Waals surface area contributed by atoms with Crippen molar-refractivity contribution < 1.29 is 18.0 Å². The van der Waals surface area contributed by atoms with E-state index in [1.807, 2.05) is 0 Å². The van der Waals surface area contributed by atoms with E-state index in [-0.39, 0.29) is 12.0 Å². The Morgan fingerprint density at radius 2 is 1.50 bits per heavy atom. The standard InChI is InChI=1S/C15H12F3NO/c16-15(17,18)13-8-4-3-7-12(13)11-6-2-1-5-10(11)9-14(19)20/h1-8H,9H2,(H2,19,20). The lowest BCUT2D eigenvalue weighted by Gasteiger charge is -2.15. The number of nitrogens with two attached hydrogens (primary N) is 1. The molecule has 0 radical (unpaired) electrons. The average molecular weight is 279 g/mol. The monoisotopic (exact) mass is 279 g/mol. The number of carbonyl (C=O) groups excluding carboxylic acids is 1. The molecule has 2 N–H and O–H groups in total. The van der Waals surface area contributed by atoms with Crippen LogP contribution < -0.4 is 5.73 Å². The second kappa shape index (κ2) is 5.36. The molecule has 5 heteroatoms. The van der Waals surface area contributed by atoms with Crippen molar-refractivity contribution >= 4 is 5.91 Å². The fourth-order valence-electron chi connectivity index (χ4n) is 2.09.